The predicted octanol–water partition coefficient (Wildman–Crippen LogP) is 3.30. The molecule has 2 rings (SSSR count). The van der Waals surface area contributed by atoms with Crippen molar-refractivity contribution in [1.82, 2.24) is 5.32 Å². The normalized spacial score (nSPS) is 15.1. The summed E-state index contributed by atoms with van der Waals surface area (Å²) in [4.78, 5) is 13.4. The topological polar surface area (TPSA) is 49.3 Å². The van der Waals surface area contributed by atoms with Crippen LogP contribution in [0.25, 0.3) is 0 Å². The van der Waals surface area contributed by atoms with Crippen LogP contribution in [0.5, 0.6) is 0 Å². The zero-order chi connectivity index (χ0) is 16.1. The quantitative estimate of drug-likeness (QED) is 0.857. The molecule has 1 aromatic heterocycles. The fraction of sp³-hybridized carbons (Fsp3) is 0.353. The number of amides is 1. The first kappa shape index (κ1) is 16.6. The molecule has 0 aliphatic heterocycles. The first-order chi connectivity index (χ1) is 10.5. The van der Waals surface area contributed by atoms with Crippen LogP contribution in [0, 0.1) is 11.7 Å². The van der Waals surface area contributed by atoms with Crippen molar-refractivity contribution in [3.8, 4) is 0 Å². The van der Waals surface area contributed by atoms with E-state index in [9.17, 15) is 14.3 Å². The number of thiophene rings is 1. The van der Waals surface area contributed by atoms with Crippen molar-refractivity contribution in [3.63, 3.8) is 0 Å². The highest BCUT2D eigenvalue weighted by Gasteiger charge is 2.21. The third kappa shape index (κ3) is 4.39. The van der Waals surface area contributed by atoms with E-state index in [-0.39, 0.29) is 17.6 Å². The fourth-order valence-electron chi connectivity index (χ4n) is 2.22. The second-order valence-electron chi connectivity index (χ2n) is 5.48. The van der Waals surface area contributed by atoms with Crippen LogP contribution in [0.1, 0.15) is 30.4 Å². The van der Waals surface area contributed by atoms with E-state index in [1.54, 1.807) is 18.3 Å². The Morgan fingerprint density at radius 3 is 2.55 bits per heavy atom. The monoisotopic (exact) mass is 321 g/mol. The van der Waals surface area contributed by atoms with E-state index in [0.29, 0.717) is 12.0 Å². The molecule has 1 aromatic carbocycles. The summed E-state index contributed by atoms with van der Waals surface area (Å²) in [5, 5.41) is 15.0. The Hall–Kier alpha value is -1.72. The smallest absolute Gasteiger partial charge is 0.223 e. The molecule has 0 aliphatic rings. The van der Waals surface area contributed by atoms with E-state index < -0.39 is 12.1 Å². The lowest BCUT2D eigenvalue weighted by Gasteiger charge is -2.22. The molecular formula is C17H20FNO2S. The molecule has 3 nitrogen and oxygen atoms in total. The molecule has 0 saturated heterocycles. The van der Waals surface area contributed by atoms with Crippen molar-refractivity contribution >= 4 is 17.2 Å². The third-order valence-corrected chi connectivity index (χ3v) is 4.49. The van der Waals surface area contributed by atoms with Crippen molar-refractivity contribution in [2.75, 3.05) is 0 Å². The van der Waals surface area contributed by atoms with Crippen molar-refractivity contribution in [2.24, 2.45) is 5.92 Å². The van der Waals surface area contributed by atoms with Crippen molar-refractivity contribution in [1.29, 1.82) is 0 Å². The van der Waals surface area contributed by atoms with Gasteiger partial charge in [-0.25, -0.2) is 4.39 Å². The molecule has 0 radical (unpaired) electrons. The van der Waals surface area contributed by atoms with Gasteiger partial charge in [-0.3, -0.25) is 4.79 Å². The number of nitrogens with one attached hydrogen (secondary N) is 1. The van der Waals surface area contributed by atoms with Gasteiger partial charge in [-0.05, 0) is 42.5 Å². The van der Waals surface area contributed by atoms with E-state index in [1.165, 1.54) is 24.3 Å². The Kier molecular flexibility index (Phi) is 5.69. The molecule has 2 N–H and O–H groups in total. The van der Waals surface area contributed by atoms with Crippen LogP contribution < -0.4 is 5.32 Å². The number of carbonyl (C=O) groups is 1. The first-order valence-corrected chi connectivity index (χ1v) is 8.11. The molecule has 118 valence electrons. The average Bonchev–Trinajstić information content (AvgIpc) is 3.00. The van der Waals surface area contributed by atoms with Crippen LogP contribution in [0.15, 0.2) is 41.8 Å². The zero-order valence-electron chi connectivity index (χ0n) is 12.6. The van der Waals surface area contributed by atoms with Gasteiger partial charge >= 0.3 is 0 Å². The van der Waals surface area contributed by atoms with Crippen LogP contribution >= 0.6 is 11.3 Å². The van der Waals surface area contributed by atoms with Gasteiger partial charge in [-0.2, -0.15) is 0 Å². The molecule has 0 saturated carbocycles. The number of halogens is 1. The second kappa shape index (κ2) is 7.51. The number of rotatable bonds is 6. The summed E-state index contributed by atoms with van der Waals surface area (Å²) < 4.78 is 12.9. The summed E-state index contributed by atoms with van der Waals surface area (Å²) in [6.45, 7) is 3.61. The van der Waals surface area contributed by atoms with Crippen LogP contribution in [-0.2, 0) is 11.2 Å². The summed E-state index contributed by atoms with van der Waals surface area (Å²) in [5.41, 5.74) is 0.583. The summed E-state index contributed by atoms with van der Waals surface area (Å²) in [6, 6.07) is 9.18. The van der Waals surface area contributed by atoms with Crippen LogP contribution in [-0.4, -0.2) is 17.1 Å². The van der Waals surface area contributed by atoms with E-state index in [2.05, 4.69) is 5.32 Å². The Bertz CT molecular complexity index is 598. The number of aliphatic hydroxyl groups excluding tert-OH is 1. The van der Waals surface area contributed by atoms with Crippen LogP contribution in [0.3, 0.4) is 0 Å². The maximum absolute atomic E-state index is 12.9. The number of hydrogen-bond acceptors (Lipinski definition) is 3. The first-order valence-electron chi connectivity index (χ1n) is 7.23. The number of carbonyl (C=O) groups excluding carboxylic acids is 1. The number of benzene rings is 1. The lowest BCUT2D eigenvalue weighted by Crippen LogP contribution is -2.40. The molecule has 0 bridgehead atoms. The minimum atomic E-state index is -0.863. The maximum atomic E-state index is 12.9. The summed E-state index contributed by atoms with van der Waals surface area (Å²) in [7, 11) is 0. The molecule has 0 aliphatic carbocycles. The van der Waals surface area contributed by atoms with Gasteiger partial charge in [0.1, 0.15) is 5.82 Å². The van der Waals surface area contributed by atoms with E-state index in [4.69, 9.17) is 0 Å². The minimum Gasteiger partial charge on any atom is -0.386 e. The number of aliphatic hydroxyl groups is 1. The Morgan fingerprint density at radius 1 is 1.27 bits per heavy atom. The Balaban J connectivity index is 1.91. The van der Waals surface area contributed by atoms with Gasteiger partial charge in [0.05, 0.1) is 12.1 Å². The lowest BCUT2D eigenvalue weighted by atomic mass is 10.0. The van der Waals surface area contributed by atoms with E-state index >= 15 is 0 Å². The summed E-state index contributed by atoms with van der Waals surface area (Å²) in [6.07, 6.45) is -0.179. The van der Waals surface area contributed by atoms with Gasteiger partial charge in [0, 0.05) is 10.8 Å². The molecule has 1 heterocycles. The SMILES string of the molecule is CC(Cc1cccs1)C(=O)NC(C)C(O)c1ccc(F)cc1. The van der Waals surface area contributed by atoms with Gasteiger partial charge < -0.3 is 10.4 Å². The van der Waals surface area contributed by atoms with Gasteiger partial charge in [-0.15, -0.1) is 11.3 Å². The van der Waals surface area contributed by atoms with Gasteiger partial charge in [-0.1, -0.05) is 25.1 Å². The van der Waals surface area contributed by atoms with Crippen molar-refractivity contribution < 1.29 is 14.3 Å². The highest BCUT2D eigenvalue weighted by Crippen LogP contribution is 2.19. The highest BCUT2D eigenvalue weighted by molar-refractivity contribution is 7.09. The predicted molar refractivity (Wildman–Crippen MR) is 86.2 cm³/mol. The molecule has 2 aromatic rings. The fourth-order valence-corrected chi connectivity index (χ4v) is 3.05. The average molecular weight is 321 g/mol. The van der Waals surface area contributed by atoms with Gasteiger partial charge in [0.25, 0.3) is 0 Å². The third-order valence-electron chi connectivity index (χ3n) is 3.59. The number of hydrogen-bond donors (Lipinski definition) is 2. The maximum Gasteiger partial charge on any atom is 0.223 e. The van der Waals surface area contributed by atoms with Gasteiger partial charge in [0.2, 0.25) is 5.91 Å². The standard InChI is InChI=1S/C17H20FNO2S/c1-11(10-15-4-3-9-22-15)17(21)19-12(2)16(20)13-5-7-14(18)8-6-13/h3-9,11-12,16,20H,10H2,1-2H3,(H,19,21). The molecule has 5 heteroatoms. The zero-order valence-corrected chi connectivity index (χ0v) is 13.4. The Morgan fingerprint density at radius 2 is 1.95 bits per heavy atom. The molecule has 0 fully saturated rings. The van der Waals surface area contributed by atoms with Crippen LogP contribution in [0.2, 0.25) is 0 Å². The highest BCUT2D eigenvalue weighted by atomic mass is 32.1. The molecule has 3 atom stereocenters. The molecule has 22 heavy (non-hydrogen) atoms. The molecule has 0 spiro atoms. The van der Waals surface area contributed by atoms with Crippen molar-refractivity contribution in [2.45, 2.75) is 32.4 Å². The molecular weight excluding hydrogens is 301 g/mol. The summed E-state index contributed by atoms with van der Waals surface area (Å²) >= 11 is 1.63. The summed E-state index contributed by atoms with van der Waals surface area (Å²) in [5.74, 6) is -0.610. The van der Waals surface area contributed by atoms with Crippen molar-refractivity contribution in [3.05, 3.63) is 58.0 Å². The Labute approximate surface area is 133 Å². The van der Waals surface area contributed by atoms with Gasteiger partial charge in [0.15, 0.2) is 0 Å². The molecule has 1 amide bonds. The second-order valence-corrected chi connectivity index (χ2v) is 6.51. The molecule has 3 unspecified atom stereocenters. The van der Waals surface area contributed by atoms with Crippen LogP contribution in [0.4, 0.5) is 4.39 Å². The minimum absolute atomic E-state index is 0.0953. The van der Waals surface area contributed by atoms with E-state index in [1.807, 2.05) is 24.4 Å². The van der Waals surface area contributed by atoms with E-state index in [0.717, 1.165) is 4.88 Å². The largest absolute Gasteiger partial charge is 0.386 e. The lowest BCUT2D eigenvalue weighted by molar-refractivity contribution is -0.125.